The summed E-state index contributed by atoms with van der Waals surface area (Å²) in [5.74, 6) is 0.900. The van der Waals surface area contributed by atoms with Crippen molar-refractivity contribution in [3.8, 4) is 0 Å². The SMILES string of the molecule is O=C1SCCc2cnccc21. The number of aromatic nitrogens is 1. The second-order valence-electron chi connectivity index (χ2n) is 2.42. The van der Waals surface area contributed by atoms with Crippen molar-refractivity contribution in [1.82, 2.24) is 4.98 Å². The van der Waals surface area contributed by atoms with E-state index in [4.69, 9.17) is 0 Å². The van der Waals surface area contributed by atoms with Crippen molar-refractivity contribution in [2.75, 3.05) is 5.75 Å². The molecule has 1 aromatic rings. The van der Waals surface area contributed by atoms with E-state index in [-0.39, 0.29) is 5.12 Å². The van der Waals surface area contributed by atoms with Crippen molar-refractivity contribution >= 4 is 16.9 Å². The normalized spacial score (nSPS) is 16.2. The van der Waals surface area contributed by atoms with Crippen LogP contribution < -0.4 is 0 Å². The minimum absolute atomic E-state index is 0.189. The van der Waals surface area contributed by atoms with Gasteiger partial charge in [0.1, 0.15) is 0 Å². The van der Waals surface area contributed by atoms with E-state index in [1.807, 2.05) is 0 Å². The molecule has 0 fully saturated rings. The van der Waals surface area contributed by atoms with E-state index < -0.39 is 0 Å². The molecule has 0 atom stereocenters. The van der Waals surface area contributed by atoms with Gasteiger partial charge in [0.2, 0.25) is 5.12 Å². The summed E-state index contributed by atoms with van der Waals surface area (Å²) in [5.41, 5.74) is 1.94. The Balaban J connectivity index is 2.52. The largest absolute Gasteiger partial charge is 0.282 e. The molecular formula is C8H7NOS. The first kappa shape index (κ1) is 6.85. The van der Waals surface area contributed by atoms with E-state index in [0.717, 1.165) is 23.3 Å². The average Bonchev–Trinajstić information content (AvgIpc) is 2.06. The Morgan fingerprint density at radius 1 is 1.55 bits per heavy atom. The molecule has 56 valence electrons. The molecule has 0 aliphatic carbocycles. The molecule has 0 amide bonds. The number of pyridine rings is 1. The number of nitrogens with zero attached hydrogens (tertiary/aromatic N) is 1. The number of hydrogen-bond donors (Lipinski definition) is 0. The highest BCUT2D eigenvalue weighted by atomic mass is 32.2. The van der Waals surface area contributed by atoms with Gasteiger partial charge in [0.05, 0.1) is 0 Å². The van der Waals surface area contributed by atoms with E-state index in [2.05, 4.69) is 4.98 Å². The molecule has 1 aliphatic rings. The number of carbonyl (C=O) groups is 1. The van der Waals surface area contributed by atoms with Crippen LogP contribution in [0.15, 0.2) is 18.5 Å². The van der Waals surface area contributed by atoms with Crippen LogP contribution in [-0.2, 0) is 6.42 Å². The van der Waals surface area contributed by atoms with E-state index >= 15 is 0 Å². The molecule has 0 unspecified atom stereocenters. The average molecular weight is 165 g/mol. The molecule has 0 radical (unpaired) electrons. The fourth-order valence-electron chi connectivity index (χ4n) is 1.16. The Kier molecular flexibility index (Phi) is 1.66. The van der Waals surface area contributed by atoms with Crippen LogP contribution in [0.1, 0.15) is 15.9 Å². The summed E-state index contributed by atoms with van der Waals surface area (Å²) in [5, 5.41) is 0.189. The fraction of sp³-hybridized carbons (Fsp3) is 0.250. The minimum Gasteiger partial charge on any atom is -0.282 e. The molecule has 2 rings (SSSR count). The van der Waals surface area contributed by atoms with Gasteiger partial charge >= 0.3 is 0 Å². The van der Waals surface area contributed by atoms with Gasteiger partial charge < -0.3 is 0 Å². The standard InChI is InChI=1S/C8H7NOS/c10-8-7-1-3-9-5-6(7)2-4-11-8/h1,3,5H,2,4H2. The molecule has 0 spiro atoms. The van der Waals surface area contributed by atoms with E-state index in [1.165, 1.54) is 11.8 Å². The molecule has 0 bridgehead atoms. The number of aryl methyl sites for hydroxylation is 1. The Bertz CT molecular complexity index is 298. The van der Waals surface area contributed by atoms with E-state index in [9.17, 15) is 4.79 Å². The number of fused-ring (bicyclic) bond motifs is 1. The van der Waals surface area contributed by atoms with Crippen LogP contribution in [0.3, 0.4) is 0 Å². The topological polar surface area (TPSA) is 30.0 Å². The maximum Gasteiger partial charge on any atom is 0.219 e. The fourth-order valence-corrected chi connectivity index (χ4v) is 2.02. The highest BCUT2D eigenvalue weighted by molar-refractivity contribution is 8.14. The van der Waals surface area contributed by atoms with Crippen LogP contribution >= 0.6 is 11.8 Å². The molecule has 0 saturated heterocycles. The summed E-state index contributed by atoms with van der Waals surface area (Å²) in [4.78, 5) is 15.2. The molecule has 1 aliphatic heterocycles. The van der Waals surface area contributed by atoms with Crippen LogP contribution in [-0.4, -0.2) is 15.9 Å². The molecule has 0 aromatic carbocycles. The monoisotopic (exact) mass is 165 g/mol. The Labute approximate surface area is 69.0 Å². The molecular weight excluding hydrogens is 158 g/mol. The second kappa shape index (κ2) is 2.66. The highest BCUT2D eigenvalue weighted by Crippen LogP contribution is 2.22. The van der Waals surface area contributed by atoms with E-state index in [0.29, 0.717) is 0 Å². The molecule has 11 heavy (non-hydrogen) atoms. The Hall–Kier alpha value is -0.830. The predicted molar refractivity (Wildman–Crippen MR) is 44.7 cm³/mol. The third-order valence-electron chi connectivity index (χ3n) is 1.73. The van der Waals surface area contributed by atoms with Crippen LogP contribution in [0, 0.1) is 0 Å². The Morgan fingerprint density at radius 2 is 2.45 bits per heavy atom. The Morgan fingerprint density at radius 3 is 3.27 bits per heavy atom. The van der Waals surface area contributed by atoms with Crippen molar-refractivity contribution in [3.05, 3.63) is 29.6 Å². The number of hydrogen-bond acceptors (Lipinski definition) is 3. The van der Waals surface area contributed by atoms with Gasteiger partial charge in [-0.3, -0.25) is 9.78 Å². The number of thioether (sulfide) groups is 1. The second-order valence-corrected chi connectivity index (χ2v) is 3.49. The minimum atomic E-state index is 0.189. The predicted octanol–water partition coefficient (Wildman–Crippen LogP) is 1.51. The van der Waals surface area contributed by atoms with Gasteiger partial charge in [-0.05, 0) is 18.1 Å². The lowest BCUT2D eigenvalue weighted by atomic mass is 10.1. The van der Waals surface area contributed by atoms with Crippen molar-refractivity contribution in [2.24, 2.45) is 0 Å². The summed E-state index contributed by atoms with van der Waals surface area (Å²) in [7, 11) is 0. The van der Waals surface area contributed by atoms with E-state index in [1.54, 1.807) is 18.5 Å². The summed E-state index contributed by atoms with van der Waals surface area (Å²) in [6.07, 6.45) is 4.43. The third-order valence-corrected chi connectivity index (χ3v) is 2.62. The zero-order valence-electron chi connectivity index (χ0n) is 5.91. The number of carbonyl (C=O) groups excluding carboxylic acids is 1. The maximum absolute atomic E-state index is 11.2. The van der Waals surface area contributed by atoms with Crippen LogP contribution in [0.5, 0.6) is 0 Å². The van der Waals surface area contributed by atoms with Gasteiger partial charge in [0.25, 0.3) is 0 Å². The molecule has 2 nitrogen and oxygen atoms in total. The molecule has 1 aromatic heterocycles. The van der Waals surface area contributed by atoms with Gasteiger partial charge in [0.15, 0.2) is 0 Å². The van der Waals surface area contributed by atoms with Crippen molar-refractivity contribution in [2.45, 2.75) is 6.42 Å². The first-order valence-electron chi connectivity index (χ1n) is 3.48. The zero-order chi connectivity index (χ0) is 7.68. The zero-order valence-corrected chi connectivity index (χ0v) is 6.73. The van der Waals surface area contributed by atoms with Crippen molar-refractivity contribution in [3.63, 3.8) is 0 Å². The van der Waals surface area contributed by atoms with Gasteiger partial charge in [-0.15, -0.1) is 0 Å². The lowest BCUT2D eigenvalue weighted by molar-refractivity contribution is 0.108. The maximum atomic E-state index is 11.2. The quantitative estimate of drug-likeness (QED) is 0.583. The molecule has 2 heterocycles. The summed E-state index contributed by atoms with van der Waals surface area (Å²) in [6, 6.07) is 1.80. The lowest BCUT2D eigenvalue weighted by Gasteiger charge is -2.11. The highest BCUT2D eigenvalue weighted by Gasteiger charge is 2.16. The number of rotatable bonds is 0. The van der Waals surface area contributed by atoms with Crippen LogP contribution in [0.2, 0.25) is 0 Å². The van der Waals surface area contributed by atoms with Gasteiger partial charge in [-0.25, -0.2) is 0 Å². The summed E-state index contributed by atoms with van der Waals surface area (Å²) in [6.45, 7) is 0. The first-order valence-corrected chi connectivity index (χ1v) is 4.46. The third kappa shape index (κ3) is 1.16. The lowest BCUT2D eigenvalue weighted by Crippen LogP contribution is -2.08. The van der Waals surface area contributed by atoms with Gasteiger partial charge in [0, 0.05) is 23.7 Å². The summed E-state index contributed by atoms with van der Waals surface area (Å²) >= 11 is 1.39. The van der Waals surface area contributed by atoms with Gasteiger partial charge in [-0.1, -0.05) is 11.8 Å². The van der Waals surface area contributed by atoms with Crippen molar-refractivity contribution < 1.29 is 4.79 Å². The van der Waals surface area contributed by atoms with Crippen LogP contribution in [0.25, 0.3) is 0 Å². The smallest absolute Gasteiger partial charge is 0.219 e. The molecule has 3 heteroatoms. The van der Waals surface area contributed by atoms with Crippen molar-refractivity contribution in [1.29, 1.82) is 0 Å². The van der Waals surface area contributed by atoms with Gasteiger partial charge in [-0.2, -0.15) is 0 Å². The van der Waals surface area contributed by atoms with Crippen LogP contribution in [0.4, 0.5) is 0 Å². The molecule has 0 saturated carbocycles. The molecule has 0 N–H and O–H groups in total. The first-order chi connectivity index (χ1) is 5.38. The summed E-state index contributed by atoms with van der Waals surface area (Å²) < 4.78 is 0.